The molecule has 0 radical (unpaired) electrons. The first-order valence-corrected chi connectivity index (χ1v) is 12.4. The molecule has 3 aromatic carbocycles. The molecular formula is C30H32N2O6. The molecule has 3 aromatic rings. The van der Waals surface area contributed by atoms with Gasteiger partial charge in [0, 0.05) is 5.57 Å². The van der Waals surface area contributed by atoms with Gasteiger partial charge in [-0.05, 0) is 53.4 Å². The van der Waals surface area contributed by atoms with E-state index in [9.17, 15) is 19.8 Å². The monoisotopic (exact) mass is 516 g/mol. The number of quaternary nitrogens is 1. The van der Waals surface area contributed by atoms with Gasteiger partial charge in [-0.2, -0.15) is 0 Å². The van der Waals surface area contributed by atoms with Crippen LogP contribution in [0.5, 0.6) is 17.2 Å². The summed E-state index contributed by atoms with van der Waals surface area (Å²) in [6, 6.07) is 18.2. The van der Waals surface area contributed by atoms with Crippen molar-refractivity contribution in [3.63, 3.8) is 0 Å². The predicted octanol–water partition coefficient (Wildman–Crippen LogP) is 1.66. The fraction of sp³-hybridized carbons (Fsp3) is 0.267. The molecule has 1 saturated heterocycles. The van der Waals surface area contributed by atoms with Crippen LogP contribution in [0.4, 0.5) is 0 Å². The van der Waals surface area contributed by atoms with Crippen molar-refractivity contribution < 1.29 is 34.2 Å². The number of nitrogens with one attached hydrogen (secondary N) is 1. The highest BCUT2D eigenvalue weighted by molar-refractivity contribution is 6.46. The highest BCUT2D eigenvalue weighted by Gasteiger charge is 2.44. The minimum atomic E-state index is -0.895. The molecule has 198 valence electrons. The van der Waals surface area contributed by atoms with Gasteiger partial charge in [0.05, 0.1) is 40.3 Å². The number of benzene rings is 3. The molecular weight excluding hydrogens is 484 g/mol. The third kappa shape index (κ3) is 5.50. The molecule has 8 nitrogen and oxygen atoms in total. The number of Topliss-reactive ketones (excluding diaryl/α,β-unsaturated/α-hetero) is 1. The fourth-order valence-corrected chi connectivity index (χ4v) is 4.45. The average molecular weight is 517 g/mol. The molecule has 1 atom stereocenters. The van der Waals surface area contributed by atoms with Gasteiger partial charge in [0.25, 0.3) is 5.91 Å². The van der Waals surface area contributed by atoms with Crippen molar-refractivity contribution in [1.82, 2.24) is 4.90 Å². The number of hydrogen-bond acceptors (Lipinski definition) is 6. The summed E-state index contributed by atoms with van der Waals surface area (Å²) in [5, 5.41) is 23.7. The Morgan fingerprint density at radius 2 is 1.76 bits per heavy atom. The number of carbonyl (C=O) groups excluding carboxylic acids is 2. The number of phenolic OH excluding ortho intramolecular Hbond substituents is 1. The number of methoxy groups -OCH3 is 1. The lowest BCUT2D eigenvalue weighted by Crippen LogP contribution is -3.06. The Balaban J connectivity index is 1.68. The first kappa shape index (κ1) is 26.8. The maximum atomic E-state index is 13.7. The standard InChI is InChI=1S/C30H32N2O6/c1-19-7-5-6-8-22(19)18-38-23-12-9-20(10-13-23)28(34)26-27(21-11-14-24(33)25(17-21)37-4)32(16-15-31(2)3)30(36)29(26)35/h5-14,17,27,33-34H,15-16,18H2,1-4H3. The van der Waals surface area contributed by atoms with Crippen molar-refractivity contribution in [1.29, 1.82) is 0 Å². The molecule has 0 spiro atoms. The minimum Gasteiger partial charge on any atom is -0.872 e. The van der Waals surface area contributed by atoms with Crippen LogP contribution in [0.2, 0.25) is 0 Å². The average Bonchev–Trinajstić information content (AvgIpc) is 3.16. The van der Waals surface area contributed by atoms with E-state index in [2.05, 4.69) is 0 Å². The van der Waals surface area contributed by atoms with Crippen molar-refractivity contribution >= 4 is 17.4 Å². The summed E-state index contributed by atoms with van der Waals surface area (Å²) in [4.78, 5) is 28.8. The number of hydrogen-bond donors (Lipinski definition) is 2. The van der Waals surface area contributed by atoms with Crippen molar-refractivity contribution in [3.8, 4) is 17.2 Å². The van der Waals surface area contributed by atoms with Crippen LogP contribution in [0, 0.1) is 6.92 Å². The molecule has 4 rings (SSSR count). The van der Waals surface area contributed by atoms with Gasteiger partial charge in [0.1, 0.15) is 12.4 Å². The molecule has 0 saturated carbocycles. The van der Waals surface area contributed by atoms with Gasteiger partial charge in [-0.1, -0.05) is 48.2 Å². The Hall–Kier alpha value is -4.30. The molecule has 1 heterocycles. The molecule has 0 aromatic heterocycles. The fourth-order valence-electron chi connectivity index (χ4n) is 4.45. The highest BCUT2D eigenvalue weighted by atomic mass is 16.5. The van der Waals surface area contributed by atoms with E-state index in [4.69, 9.17) is 9.47 Å². The third-order valence-corrected chi connectivity index (χ3v) is 6.67. The van der Waals surface area contributed by atoms with Crippen molar-refractivity contribution in [2.75, 3.05) is 34.3 Å². The highest BCUT2D eigenvalue weighted by Crippen LogP contribution is 2.41. The van der Waals surface area contributed by atoms with Crippen LogP contribution in [-0.2, 0) is 16.2 Å². The lowest BCUT2D eigenvalue weighted by atomic mass is 9.95. The number of ether oxygens (including phenoxy) is 2. The van der Waals surface area contributed by atoms with Crippen LogP contribution < -0.4 is 19.5 Å². The van der Waals surface area contributed by atoms with Gasteiger partial charge in [-0.15, -0.1) is 0 Å². The Kier molecular flexibility index (Phi) is 8.02. The zero-order chi connectivity index (χ0) is 27.4. The number of likely N-dealkylation sites (tertiary alicyclic amines) is 1. The largest absolute Gasteiger partial charge is 0.872 e. The van der Waals surface area contributed by atoms with E-state index in [-0.39, 0.29) is 29.2 Å². The number of aryl methyl sites for hydroxylation is 1. The number of ketones is 1. The molecule has 0 aliphatic carbocycles. The summed E-state index contributed by atoms with van der Waals surface area (Å²) in [7, 11) is 5.30. The van der Waals surface area contributed by atoms with Gasteiger partial charge in [0.15, 0.2) is 11.5 Å². The molecule has 38 heavy (non-hydrogen) atoms. The smallest absolute Gasteiger partial charge is 0.295 e. The summed E-state index contributed by atoms with van der Waals surface area (Å²) in [6.45, 7) is 3.26. The Bertz CT molecular complexity index is 1360. The first-order chi connectivity index (χ1) is 18.2. The normalized spacial score (nSPS) is 16.8. The molecule has 8 heteroatoms. The second-order valence-electron chi connectivity index (χ2n) is 9.60. The van der Waals surface area contributed by atoms with E-state index < -0.39 is 23.5 Å². The summed E-state index contributed by atoms with van der Waals surface area (Å²) in [6.07, 6.45) is 0. The molecule has 1 aliphatic heterocycles. The lowest BCUT2D eigenvalue weighted by molar-refractivity contribution is -0.857. The molecule has 1 aliphatic rings. The summed E-state index contributed by atoms with van der Waals surface area (Å²) in [5.74, 6) is -1.37. The van der Waals surface area contributed by atoms with Crippen LogP contribution in [0.15, 0.2) is 72.3 Å². The Labute approximate surface area is 222 Å². The molecule has 1 unspecified atom stereocenters. The Morgan fingerprint density at radius 1 is 1.05 bits per heavy atom. The minimum absolute atomic E-state index is 0.0784. The number of rotatable bonds is 9. The topological polar surface area (TPSA) is 104 Å². The maximum absolute atomic E-state index is 13.7. The van der Waals surface area contributed by atoms with Crippen LogP contribution >= 0.6 is 0 Å². The summed E-state index contributed by atoms with van der Waals surface area (Å²) < 4.78 is 11.1. The zero-order valence-electron chi connectivity index (χ0n) is 22.0. The number of nitrogens with zero attached hydrogens (tertiary/aromatic N) is 1. The van der Waals surface area contributed by atoms with Crippen molar-refractivity contribution in [3.05, 3.63) is 94.6 Å². The Morgan fingerprint density at radius 3 is 2.42 bits per heavy atom. The van der Waals surface area contributed by atoms with E-state index in [1.54, 1.807) is 36.4 Å². The van der Waals surface area contributed by atoms with Gasteiger partial charge in [-0.3, -0.25) is 9.59 Å². The predicted molar refractivity (Wildman–Crippen MR) is 141 cm³/mol. The van der Waals surface area contributed by atoms with Gasteiger partial charge >= 0.3 is 0 Å². The molecule has 2 N–H and O–H groups in total. The summed E-state index contributed by atoms with van der Waals surface area (Å²) in [5.41, 5.74) is 2.85. The number of likely N-dealkylation sites (N-methyl/N-ethyl adjacent to an activating group) is 1. The molecule has 1 amide bonds. The van der Waals surface area contributed by atoms with Gasteiger partial charge in [0.2, 0.25) is 5.78 Å². The van der Waals surface area contributed by atoms with Crippen molar-refractivity contribution in [2.24, 2.45) is 0 Å². The molecule has 0 bridgehead atoms. The van der Waals surface area contributed by atoms with E-state index in [0.717, 1.165) is 16.0 Å². The van der Waals surface area contributed by atoms with Crippen LogP contribution in [0.1, 0.15) is 28.3 Å². The molecule has 1 fully saturated rings. The van der Waals surface area contributed by atoms with Gasteiger partial charge < -0.3 is 29.5 Å². The van der Waals surface area contributed by atoms with Crippen LogP contribution in [-0.4, -0.2) is 56.0 Å². The number of aromatic hydroxyl groups is 1. The SMILES string of the molecule is COc1cc(C2C(=C([O-])c3ccc(OCc4ccccc4C)cc3)C(=O)C(=O)N2CC[NH+](C)C)ccc1O. The quantitative estimate of drug-likeness (QED) is 0.255. The summed E-state index contributed by atoms with van der Waals surface area (Å²) >= 11 is 0. The number of carbonyl (C=O) groups is 2. The lowest BCUT2D eigenvalue weighted by Gasteiger charge is -2.28. The van der Waals surface area contributed by atoms with E-state index in [1.165, 1.54) is 18.1 Å². The second-order valence-corrected chi connectivity index (χ2v) is 9.60. The van der Waals surface area contributed by atoms with Gasteiger partial charge in [-0.25, -0.2) is 0 Å². The number of amides is 1. The van der Waals surface area contributed by atoms with Crippen molar-refractivity contribution in [2.45, 2.75) is 19.6 Å². The van der Waals surface area contributed by atoms with Crippen LogP contribution in [0.25, 0.3) is 5.76 Å². The first-order valence-electron chi connectivity index (χ1n) is 12.4. The number of phenols is 1. The van der Waals surface area contributed by atoms with E-state index in [1.807, 2.05) is 45.3 Å². The van der Waals surface area contributed by atoms with E-state index in [0.29, 0.717) is 24.5 Å². The van der Waals surface area contributed by atoms with Crippen LogP contribution in [0.3, 0.4) is 0 Å². The zero-order valence-corrected chi connectivity index (χ0v) is 22.0. The van der Waals surface area contributed by atoms with E-state index >= 15 is 0 Å². The second kappa shape index (κ2) is 11.4. The third-order valence-electron chi connectivity index (χ3n) is 6.67. The maximum Gasteiger partial charge on any atom is 0.295 e.